The molecule has 1 heterocycles. The van der Waals surface area contributed by atoms with Gasteiger partial charge in [0.05, 0.1) is 12.3 Å². The fourth-order valence-electron chi connectivity index (χ4n) is 2.42. The lowest BCUT2D eigenvalue weighted by atomic mass is 10.0. The predicted octanol–water partition coefficient (Wildman–Crippen LogP) is 2.36. The van der Waals surface area contributed by atoms with Gasteiger partial charge in [-0.25, -0.2) is 0 Å². The Labute approximate surface area is 120 Å². The number of aliphatic hydroxyl groups is 1. The summed E-state index contributed by atoms with van der Waals surface area (Å²) in [7, 11) is 0. The summed E-state index contributed by atoms with van der Waals surface area (Å²) in [6.07, 6.45) is 2.09. The number of aryl methyl sites for hydroxylation is 1. The quantitative estimate of drug-likeness (QED) is 0.757. The van der Waals surface area contributed by atoms with Crippen molar-refractivity contribution in [2.45, 2.75) is 45.4 Å². The minimum atomic E-state index is -0.410. The van der Waals surface area contributed by atoms with Crippen LogP contribution < -0.4 is 5.32 Å². The lowest BCUT2D eigenvalue weighted by molar-refractivity contribution is 0.129. The van der Waals surface area contributed by atoms with Crippen LogP contribution in [-0.2, 0) is 6.42 Å². The molecule has 3 atom stereocenters. The molecule has 0 saturated carbocycles. The highest BCUT2D eigenvalue weighted by molar-refractivity contribution is 5.19. The molecule has 0 spiro atoms. The number of nitrogens with one attached hydrogen (secondary N) is 2. The number of nitrogens with zero attached hydrogens (tertiary/aromatic N) is 1. The Morgan fingerprint density at radius 1 is 1.25 bits per heavy atom. The SMILES string of the molecule is Cc1[nH]ncc1C(C)NC(C)C(O)Cc1ccccc1. The molecule has 0 amide bonds. The van der Waals surface area contributed by atoms with Crippen LogP contribution in [0.15, 0.2) is 36.5 Å². The van der Waals surface area contributed by atoms with Gasteiger partial charge in [0.2, 0.25) is 0 Å². The number of rotatable bonds is 6. The molecule has 1 aromatic heterocycles. The third-order valence-electron chi connectivity index (χ3n) is 3.71. The maximum absolute atomic E-state index is 10.3. The highest BCUT2D eigenvalue weighted by atomic mass is 16.3. The van der Waals surface area contributed by atoms with Crippen molar-refractivity contribution in [3.05, 3.63) is 53.3 Å². The second-order valence-corrected chi connectivity index (χ2v) is 5.38. The Hall–Kier alpha value is -1.65. The zero-order valence-electron chi connectivity index (χ0n) is 12.3. The van der Waals surface area contributed by atoms with Crippen molar-refractivity contribution in [1.29, 1.82) is 0 Å². The van der Waals surface area contributed by atoms with Crippen LogP contribution in [0.2, 0.25) is 0 Å². The Morgan fingerprint density at radius 2 is 1.95 bits per heavy atom. The maximum Gasteiger partial charge on any atom is 0.0730 e. The minimum Gasteiger partial charge on any atom is -0.391 e. The van der Waals surface area contributed by atoms with Gasteiger partial charge in [0.1, 0.15) is 0 Å². The van der Waals surface area contributed by atoms with E-state index in [2.05, 4.69) is 22.4 Å². The molecule has 0 aliphatic rings. The van der Waals surface area contributed by atoms with Crippen molar-refractivity contribution in [3.63, 3.8) is 0 Å². The first-order chi connectivity index (χ1) is 9.58. The largest absolute Gasteiger partial charge is 0.391 e. The van der Waals surface area contributed by atoms with E-state index in [1.54, 1.807) is 0 Å². The molecular formula is C16H23N3O. The van der Waals surface area contributed by atoms with Gasteiger partial charge in [-0.05, 0) is 32.8 Å². The van der Waals surface area contributed by atoms with Crippen LogP contribution in [0.25, 0.3) is 0 Å². The Bertz CT molecular complexity index is 524. The summed E-state index contributed by atoms with van der Waals surface area (Å²) in [5, 5.41) is 20.7. The van der Waals surface area contributed by atoms with Gasteiger partial charge < -0.3 is 10.4 Å². The maximum atomic E-state index is 10.3. The first-order valence-corrected chi connectivity index (χ1v) is 7.06. The predicted molar refractivity (Wildman–Crippen MR) is 80.5 cm³/mol. The highest BCUT2D eigenvalue weighted by Gasteiger charge is 2.18. The summed E-state index contributed by atoms with van der Waals surface area (Å²) >= 11 is 0. The molecule has 4 heteroatoms. The lowest BCUT2D eigenvalue weighted by Gasteiger charge is -2.24. The summed E-state index contributed by atoms with van der Waals surface area (Å²) in [5.41, 5.74) is 3.36. The smallest absolute Gasteiger partial charge is 0.0730 e. The first kappa shape index (κ1) is 14.8. The van der Waals surface area contributed by atoms with Gasteiger partial charge in [0.25, 0.3) is 0 Å². The fourth-order valence-corrected chi connectivity index (χ4v) is 2.42. The number of benzene rings is 1. The first-order valence-electron chi connectivity index (χ1n) is 7.06. The average molecular weight is 273 g/mol. The van der Waals surface area contributed by atoms with E-state index < -0.39 is 6.10 Å². The van der Waals surface area contributed by atoms with Crippen LogP contribution in [0, 0.1) is 6.92 Å². The summed E-state index contributed by atoms with van der Waals surface area (Å²) in [4.78, 5) is 0. The highest BCUT2D eigenvalue weighted by Crippen LogP contribution is 2.16. The van der Waals surface area contributed by atoms with Crippen LogP contribution >= 0.6 is 0 Å². The van der Waals surface area contributed by atoms with E-state index in [0.717, 1.165) is 16.8 Å². The number of hydrogen-bond acceptors (Lipinski definition) is 3. The molecule has 0 saturated heterocycles. The molecule has 4 nitrogen and oxygen atoms in total. The van der Waals surface area contributed by atoms with E-state index in [-0.39, 0.29) is 12.1 Å². The van der Waals surface area contributed by atoms with E-state index >= 15 is 0 Å². The van der Waals surface area contributed by atoms with Crippen LogP contribution in [0.3, 0.4) is 0 Å². The van der Waals surface area contributed by atoms with Crippen LogP contribution in [0.4, 0.5) is 0 Å². The zero-order valence-corrected chi connectivity index (χ0v) is 12.3. The summed E-state index contributed by atoms with van der Waals surface area (Å²) < 4.78 is 0. The van der Waals surface area contributed by atoms with Gasteiger partial charge in [0, 0.05) is 23.3 Å². The number of aromatic amines is 1. The van der Waals surface area contributed by atoms with E-state index in [4.69, 9.17) is 0 Å². The Kier molecular flexibility index (Phi) is 4.93. The van der Waals surface area contributed by atoms with Gasteiger partial charge in [-0.2, -0.15) is 5.10 Å². The number of aromatic nitrogens is 2. The molecule has 3 N–H and O–H groups in total. The monoisotopic (exact) mass is 273 g/mol. The molecule has 0 aliphatic heterocycles. The van der Waals surface area contributed by atoms with Crippen molar-refractivity contribution in [2.24, 2.45) is 0 Å². The van der Waals surface area contributed by atoms with Gasteiger partial charge in [-0.15, -0.1) is 0 Å². The summed E-state index contributed by atoms with van der Waals surface area (Å²) in [6.45, 7) is 6.11. The topological polar surface area (TPSA) is 60.9 Å². The van der Waals surface area contributed by atoms with E-state index in [9.17, 15) is 5.11 Å². The Morgan fingerprint density at radius 3 is 2.55 bits per heavy atom. The molecule has 0 fully saturated rings. The molecule has 0 aliphatic carbocycles. The third-order valence-corrected chi connectivity index (χ3v) is 3.71. The standard InChI is InChI=1S/C16H23N3O/c1-11(15-10-17-19-12(15)2)18-13(3)16(20)9-14-7-5-4-6-8-14/h4-8,10-11,13,16,18,20H,9H2,1-3H3,(H,17,19). The molecule has 20 heavy (non-hydrogen) atoms. The van der Waals surface area contributed by atoms with Crippen LogP contribution in [0.1, 0.15) is 36.7 Å². The van der Waals surface area contributed by atoms with Crippen molar-refractivity contribution in [1.82, 2.24) is 15.5 Å². The number of aliphatic hydroxyl groups excluding tert-OH is 1. The van der Waals surface area contributed by atoms with Crippen molar-refractivity contribution < 1.29 is 5.11 Å². The summed E-state index contributed by atoms with van der Waals surface area (Å²) in [5.74, 6) is 0. The van der Waals surface area contributed by atoms with Crippen molar-refractivity contribution in [2.75, 3.05) is 0 Å². The van der Waals surface area contributed by atoms with Gasteiger partial charge in [-0.1, -0.05) is 30.3 Å². The molecule has 0 bridgehead atoms. The molecule has 2 aromatic rings. The minimum absolute atomic E-state index is 0.0134. The van der Waals surface area contributed by atoms with E-state index in [1.807, 2.05) is 50.4 Å². The molecule has 1 aromatic carbocycles. The molecule has 3 unspecified atom stereocenters. The number of H-pyrrole nitrogens is 1. The normalized spacial score (nSPS) is 15.8. The molecule has 0 radical (unpaired) electrons. The van der Waals surface area contributed by atoms with Gasteiger partial charge in [-0.3, -0.25) is 5.10 Å². The molecular weight excluding hydrogens is 250 g/mol. The van der Waals surface area contributed by atoms with Crippen molar-refractivity contribution in [3.8, 4) is 0 Å². The van der Waals surface area contributed by atoms with Crippen LogP contribution in [0.5, 0.6) is 0 Å². The molecule has 2 rings (SSSR count). The Balaban J connectivity index is 1.91. The zero-order chi connectivity index (χ0) is 14.5. The third kappa shape index (κ3) is 3.68. The van der Waals surface area contributed by atoms with Crippen molar-refractivity contribution >= 4 is 0 Å². The summed E-state index contributed by atoms with van der Waals surface area (Å²) in [6, 6.07) is 10.2. The second kappa shape index (κ2) is 6.68. The molecule has 108 valence electrons. The average Bonchev–Trinajstić information content (AvgIpc) is 2.86. The second-order valence-electron chi connectivity index (χ2n) is 5.38. The van der Waals surface area contributed by atoms with Crippen LogP contribution in [-0.4, -0.2) is 27.4 Å². The van der Waals surface area contributed by atoms with E-state index in [1.165, 1.54) is 0 Å². The van der Waals surface area contributed by atoms with E-state index in [0.29, 0.717) is 6.42 Å². The number of hydrogen-bond donors (Lipinski definition) is 3. The van der Waals surface area contributed by atoms with Gasteiger partial charge in [0.15, 0.2) is 0 Å². The lowest BCUT2D eigenvalue weighted by Crippen LogP contribution is -2.40. The van der Waals surface area contributed by atoms with Gasteiger partial charge >= 0.3 is 0 Å². The fraction of sp³-hybridized carbons (Fsp3) is 0.438.